The van der Waals surface area contributed by atoms with Crippen LogP contribution in [0, 0.1) is 12.8 Å². The van der Waals surface area contributed by atoms with Gasteiger partial charge in [-0.3, -0.25) is 9.69 Å². The first-order valence-corrected chi connectivity index (χ1v) is 10.6. The summed E-state index contributed by atoms with van der Waals surface area (Å²) in [6.45, 7) is 4.24. The number of nitrogens with one attached hydrogen (secondary N) is 1. The number of nitrogens with zero attached hydrogens (tertiary/aromatic N) is 3. The predicted molar refractivity (Wildman–Crippen MR) is 118 cm³/mol. The molecular formula is C22H22Cl2N4O2. The molecule has 1 saturated heterocycles. The van der Waals surface area contributed by atoms with Crippen molar-refractivity contribution < 1.29 is 9.32 Å². The second-order valence-electron chi connectivity index (χ2n) is 7.55. The van der Waals surface area contributed by atoms with Gasteiger partial charge in [0.25, 0.3) is 5.89 Å². The molecule has 0 spiro atoms. The van der Waals surface area contributed by atoms with Crippen molar-refractivity contribution in [2.24, 2.45) is 5.92 Å². The van der Waals surface area contributed by atoms with Gasteiger partial charge in [0.1, 0.15) is 0 Å². The molecule has 1 aliphatic heterocycles. The fourth-order valence-corrected chi connectivity index (χ4v) is 3.88. The van der Waals surface area contributed by atoms with Crippen LogP contribution < -0.4 is 5.32 Å². The third kappa shape index (κ3) is 5.01. The SMILES string of the molecule is Cc1cccc(-c2nc(CN3CCC(C(=O)Nc4ccc(Cl)c(Cl)c4)CC3)no2)c1. The van der Waals surface area contributed by atoms with Crippen LogP contribution in [-0.4, -0.2) is 34.0 Å². The molecule has 0 saturated carbocycles. The number of benzene rings is 2. The third-order valence-electron chi connectivity index (χ3n) is 5.24. The zero-order valence-corrected chi connectivity index (χ0v) is 18.1. The van der Waals surface area contributed by atoms with Crippen LogP contribution in [0.25, 0.3) is 11.5 Å². The van der Waals surface area contributed by atoms with Crippen LogP contribution in [0.15, 0.2) is 47.0 Å². The highest BCUT2D eigenvalue weighted by Gasteiger charge is 2.26. The van der Waals surface area contributed by atoms with Crippen molar-refractivity contribution in [2.75, 3.05) is 18.4 Å². The molecule has 2 heterocycles. The van der Waals surface area contributed by atoms with Crippen molar-refractivity contribution in [3.63, 3.8) is 0 Å². The summed E-state index contributed by atoms with van der Waals surface area (Å²) in [5.74, 6) is 1.16. The van der Waals surface area contributed by atoms with Gasteiger partial charge in [0.2, 0.25) is 5.91 Å². The van der Waals surface area contributed by atoms with E-state index < -0.39 is 0 Å². The molecule has 2 aromatic carbocycles. The zero-order valence-electron chi connectivity index (χ0n) is 16.6. The number of aromatic nitrogens is 2. The molecule has 0 unspecified atom stereocenters. The average molecular weight is 445 g/mol. The Morgan fingerprint density at radius 1 is 1.17 bits per heavy atom. The molecule has 0 atom stereocenters. The van der Waals surface area contributed by atoms with Crippen LogP contribution in [0.1, 0.15) is 24.2 Å². The number of carbonyl (C=O) groups is 1. The second-order valence-corrected chi connectivity index (χ2v) is 8.37. The Kier molecular flexibility index (Phi) is 6.37. The van der Waals surface area contributed by atoms with Gasteiger partial charge in [0.05, 0.1) is 16.6 Å². The van der Waals surface area contributed by atoms with Crippen molar-refractivity contribution in [1.29, 1.82) is 0 Å². The normalized spacial score (nSPS) is 15.3. The number of halogens is 2. The molecule has 3 aromatic rings. The van der Waals surface area contributed by atoms with Gasteiger partial charge in [-0.05, 0) is 63.2 Å². The summed E-state index contributed by atoms with van der Waals surface area (Å²) in [6, 6.07) is 13.1. The van der Waals surface area contributed by atoms with E-state index in [1.54, 1.807) is 18.2 Å². The van der Waals surface area contributed by atoms with Crippen molar-refractivity contribution in [3.8, 4) is 11.5 Å². The van der Waals surface area contributed by atoms with Gasteiger partial charge in [-0.25, -0.2) is 0 Å². The van der Waals surface area contributed by atoms with E-state index >= 15 is 0 Å². The smallest absolute Gasteiger partial charge is 0.257 e. The van der Waals surface area contributed by atoms with E-state index in [1.807, 2.05) is 31.2 Å². The fourth-order valence-electron chi connectivity index (χ4n) is 3.59. The largest absolute Gasteiger partial charge is 0.334 e. The van der Waals surface area contributed by atoms with Crippen molar-refractivity contribution >= 4 is 34.8 Å². The fraction of sp³-hybridized carbons (Fsp3) is 0.318. The number of amides is 1. The molecule has 6 nitrogen and oxygen atoms in total. The second kappa shape index (κ2) is 9.16. The summed E-state index contributed by atoms with van der Waals surface area (Å²) < 4.78 is 5.42. The molecule has 0 aliphatic carbocycles. The third-order valence-corrected chi connectivity index (χ3v) is 5.98. The van der Waals surface area contributed by atoms with E-state index in [0.717, 1.165) is 37.1 Å². The molecule has 1 aliphatic rings. The van der Waals surface area contributed by atoms with Gasteiger partial charge < -0.3 is 9.84 Å². The number of anilines is 1. The van der Waals surface area contributed by atoms with Crippen LogP contribution in [0.2, 0.25) is 10.0 Å². The van der Waals surface area contributed by atoms with E-state index in [4.69, 9.17) is 27.7 Å². The molecule has 1 fully saturated rings. The van der Waals surface area contributed by atoms with Crippen molar-refractivity contribution in [3.05, 3.63) is 63.9 Å². The highest BCUT2D eigenvalue weighted by Crippen LogP contribution is 2.27. The Bertz CT molecular complexity index is 1050. The van der Waals surface area contributed by atoms with Crippen LogP contribution in [0.5, 0.6) is 0 Å². The topological polar surface area (TPSA) is 71.3 Å². The first-order valence-electron chi connectivity index (χ1n) is 9.86. The molecule has 8 heteroatoms. The highest BCUT2D eigenvalue weighted by atomic mass is 35.5. The lowest BCUT2D eigenvalue weighted by Crippen LogP contribution is -2.38. The van der Waals surface area contributed by atoms with Crippen LogP contribution in [0.3, 0.4) is 0 Å². The minimum Gasteiger partial charge on any atom is -0.334 e. The van der Waals surface area contributed by atoms with Gasteiger partial charge in [-0.15, -0.1) is 0 Å². The Balaban J connectivity index is 1.29. The van der Waals surface area contributed by atoms with Crippen LogP contribution >= 0.6 is 23.2 Å². The van der Waals surface area contributed by atoms with Crippen molar-refractivity contribution in [2.45, 2.75) is 26.3 Å². The Labute approximate surface area is 185 Å². The summed E-state index contributed by atoms with van der Waals surface area (Å²) in [6.07, 6.45) is 1.55. The minimum atomic E-state index is -0.0381. The molecular weight excluding hydrogens is 423 g/mol. The summed E-state index contributed by atoms with van der Waals surface area (Å²) in [5, 5.41) is 7.93. The van der Waals surface area contributed by atoms with Gasteiger partial charge in [0, 0.05) is 17.2 Å². The summed E-state index contributed by atoms with van der Waals surface area (Å²) in [7, 11) is 0. The standard InChI is InChI=1S/C22H22Cl2N4O2/c1-14-3-2-4-16(11-14)22-26-20(27-30-22)13-28-9-7-15(8-10-28)21(29)25-17-5-6-18(23)19(24)12-17/h2-6,11-12,15H,7-10,13H2,1H3,(H,25,29). The molecule has 156 valence electrons. The lowest BCUT2D eigenvalue weighted by molar-refractivity contribution is -0.121. The van der Waals surface area contributed by atoms with E-state index in [9.17, 15) is 4.79 Å². The molecule has 1 aromatic heterocycles. The summed E-state index contributed by atoms with van der Waals surface area (Å²) >= 11 is 11.9. The zero-order chi connectivity index (χ0) is 21.1. The van der Waals surface area contributed by atoms with E-state index in [2.05, 4.69) is 20.4 Å². The Morgan fingerprint density at radius 3 is 2.70 bits per heavy atom. The molecule has 1 N–H and O–H groups in total. The quantitative estimate of drug-likeness (QED) is 0.585. The molecule has 0 bridgehead atoms. The number of hydrogen-bond donors (Lipinski definition) is 1. The molecule has 4 rings (SSSR count). The molecule has 1 amide bonds. The Hall–Kier alpha value is -2.41. The number of carbonyl (C=O) groups excluding carboxylic acids is 1. The van der Waals surface area contributed by atoms with Gasteiger partial charge >= 0.3 is 0 Å². The van der Waals surface area contributed by atoms with Crippen LogP contribution in [-0.2, 0) is 11.3 Å². The monoisotopic (exact) mass is 444 g/mol. The maximum absolute atomic E-state index is 12.6. The van der Waals surface area contributed by atoms with Crippen molar-refractivity contribution in [1.82, 2.24) is 15.0 Å². The van der Waals surface area contributed by atoms with Crippen LogP contribution in [0.4, 0.5) is 5.69 Å². The van der Waals surface area contributed by atoms with E-state index in [-0.39, 0.29) is 11.8 Å². The highest BCUT2D eigenvalue weighted by molar-refractivity contribution is 6.42. The average Bonchev–Trinajstić information content (AvgIpc) is 3.20. The maximum atomic E-state index is 12.6. The molecule has 0 radical (unpaired) electrons. The first kappa shape index (κ1) is 20.8. The number of rotatable bonds is 5. The Morgan fingerprint density at radius 2 is 1.97 bits per heavy atom. The summed E-state index contributed by atoms with van der Waals surface area (Å²) in [4.78, 5) is 19.3. The number of hydrogen-bond acceptors (Lipinski definition) is 5. The summed E-state index contributed by atoms with van der Waals surface area (Å²) in [5.41, 5.74) is 2.73. The maximum Gasteiger partial charge on any atom is 0.257 e. The number of piperidine rings is 1. The van der Waals surface area contributed by atoms with E-state index in [0.29, 0.717) is 34.0 Å². The predicted octanol–water partition coefficient (Wildman–Crippen LogP) is 5.20. The molecule has 30 heavy (non-hydrogen) atoms. The van der Waals surface area contributed by atoms with Gasteiger partial charge in [-0.1, -0.05) is 46.1 Å². The minimum absolute atomic E-state index is 0.00864. The number of aryl methyl sites for hydroxylation is 1. The van der Waals surface area contributed by atoms with Gasteiger partial charge in [0.15, 0.2) is 5.82 Å². The lowest BCUT2D eigenvalue weighted by Gasteiger charge is -2.30. The number of likely N-dealkylation sites (tertiary alicyclic amines) is 1. The van der Waals surface area contributed by atoms with Gasteiger partial charge in [-0.2, -0.15) is 4.98 Å². The first-order chi connectivity index (χ1) is 14.5. The lowest BCUT2D eigenvalue weighted by atomic mass is 9.96. The van der Waals surface area contributed by atoms with E-state index in [1.165, 1.54) is 0 Å².